The van der Waals surface area contributed by atoms with Gasteiger partial charge in [0.2, 0.25) is 0 Å². The van der Waals surface area contributed by atoms with E-state index in [1.165, 1.54) is 31.2 Å². The Morgan fingerprint density at radius 2 is 1.87 bits per heavy atom. The zero-order chi connectivity index (χ0) is 21.2. The van der Waals surface area contributed by atoms with Crippen LogP contribution in [0.3, 0.4) is 0 Å². The van der Waals surface area contributed by atoms with Gasteiger partial charge in [0, 0.05) is 31.2 Å². The highest BCUT2D eigenvalue weighted by molar-refractivity contribution is 6.03. The lowest BCUT2D eigenvalue weighted by atomic mass is 9.73. The number of nitrogens with one attached hydrogen (secondary N) is 1. The Balaban J connectivity index is 1.46. The maximum Gasteiger partial charge on any atom is 0.325 e. The molecule has 5 nitrogen and oxygen atoms in total. The van der Waals surface area contributed by atoms with E-state index >= 15 is 0 Å². The lowest BCUT2D eigenvalue weighted by Gasteiger charge is -2.38. The number of carbonyl (C=O) groups is 1. The van der Waals surface area contributed by atoms with Crippen molar-refractivity contribution < 1.29 is 4.79 Å². The molecule has 1 aromatic heterocycles. The summed E-state index contributed by atoms with van der Waals surface area (Å²) in [5.74, 6) is 2.57. The molecule has 3 fully saturated rings. The number of nitrogens with zero attached hydrogens (tertiary/aromatic N) is 3. The van der Waals surface area contributed by atoms with Gasteiger partial charge in [-0.3, -0.25) is 4.90 Å². The summed E-state index contributed by atoms with van der Waals surface area (Å²) in [4.78, 5) is 23.0. The summed E-state index contributed by atoms with van der Waals surface area (Å²) in [6.45, 7) is 5.77. The molecular weight excluding hydrogens is 384 g/mol. The van der Waals surface area contributed by atoms with E-state index in [2.05, 4.69) is 41.4 Å². The fourth-order valence-electron chi connectivity index (χ4n) is 5.89. The van der Waals surface area contributed by atoms with Crippen molar-refractivity contribution in [2.45, 2.75) is 64.3 Å². The average Bonchev–Trinajstić information content (AvgIpc) is 3.00. The van der Waals surface area contributed by atoms with E-state index in [0.717, 1.165) is 80.3 Å². The first-order valence-electron chi connectivity index (χ1n) is 12.4. The zero-order valence-corrected chi connectivity index (χ0v) is 18.9. The van der Waals surface area contributed by atoms with E-state index in [1.807, 2.05) is 11.1 Å². The number of amides is 2. The number of fused-ring (bicyclic) bond motifs is 1. The van der Waals surface area contributed by atoms with Gasteiger partial charge in [0.1, 0.15) is 5.82 Å². The van der Waals surface area contributed by atoms with Gasteiger partial charge < -0.3 is 10.2 Å². The molecule has 1 aromatic carbocycles. The summed E-state index contributed by atoms with van der Waals surface area (Å²) < 4.78 is 0. The van der Waals surface area contributed by atoms with Gasteiger partial charge >= 0.3 is 6.03 Å². The summed E-state index contributed by atoms with van der Waals surface area (Å²) >= 11 is 0. The number of aromatic nitrogens is 1. The molecule has 0 unspecified atom stereocenters. The predicted molar refractivity (Wildman–Crippen MR) is 127 cm³/mol. The number of rotatable bonds is 3. The van der Waals surface area contributed by atoms with E-state index in [9.17, 15) is 4.79 Å². The number of anilines is 1. The predicted octanol–water partition coefficient (Wildman–Crippen LogP) is 5.12. The smallest absolute Gasteiger partial charge is 0.324 e. The van der Waals surface area contributed by atoms with Crippen LogP contribution in [0.4, 0.5) is 10.6 Å². The Kier molecular flexibility index (Phi) is 6.13. The highest BCUT2D eigenvalue weighted by Crippen LogP contribution is 2.39. The molecule has 3 heterocycles. The maximum atomic E-state index is 14.0. The van der Waals surface area contributed by atoms with Gasteiger partial charge in [-0.05, 0) is 74.4 Å². The van der Waals surface area contributed by atoms with E-state index in [0.29, 0.717) is 0 Å². The van der Waals surface area contributed by atoms with Gasteiger partial charge in [0.25, 0.3) is 0 Å². The molecule has 166 valence electrons. The molecule has 2 atom stereocenters. The van der Waals surface area contributed by atoms with E-state index in [-0.39, 0.29) is 12.1 Å². The molecule has 1 aliphatic carbocycles. The third-order valence-electron chi connectivity index (χ3n) is 7.91. The second-order valence-electron chi connectivity index (χ2n) is 9.83. The first kappa shape index (κ1) is 20.7. The van der Waals surface area contributed by atoms with Crippen LogP contribution < -0.4 is 10.2 Å². The van der Waals surface area contributed by atoms with Crippen LogP contribution in [0, 0.1) is 18.8 Å². The molecule has 0 spiro atoms. The van der Waals surface area contributed by atoms with Crippen LogP contribution in [0.25, 0.3) is 10.8 Å². The van der Waals surface area contributed by atoms with Crippen LogP contribution in [0.2, 0.25) is 0 Å². The molecule has 0 bridgehead atoms. The molecular formula is C26H36N4O. The topological polar surface area (TPSA) is 48.5 Å². The highest BCUT2D eigenvalue weighted by Gasteiger charge is 2.35. The quantitative estimate of drug-likeness (QED) is 0.749. The molecule has 0 radical (unpaired) electrons. The number of piperidine rings is 1. The van der Waals surface area contributed by atoms with E-state index < -0.39 is 0 Å². The first-order chi connectivity index (χ1) is 15.2. The molecule has 3 aliphatic rings. The van der Waals surface area contributed by atoms with Crippen LogP contribution in [0.1, 0.15) is 56.9 Å². The summed E-state index contributed by atoms with van der Waals surface area (Å²) in [6, 6.07) is 8.72. The van der Waals surface area contributed by atoms with Crippen molar-refractivity contribution in [3.05, 3.63) is 36.0 Å². The summed E-state index contributed by atoms with van der Waals surface area (Å²) in [5.41, 5.74) is 1.18. The van der Waals surface area contributed by atoms with Crippen molar-refractivity contribution >= 4 is 22.6 Å². The first-order valence-corrected chi connectivity index (χ1v) is 12.4. The Morgan fingerprint density at radius 3 is 2.65 bits per heavy atom. The van der Waals surface area contributed by atoms with Crippen LogP contribution in [0.5, 0.6) is 0 Å². The highest BCUT2D eigenvalue weighted by atomic mass is 16.2. The molecule has 5 rings (SSSR count). The largest absolute Gasteiger partial charge is 0.325 e. The molecule has 2 amide bonds. The van der Waals surface area contributed by atoms with Gasteiger partial charge in [-0.2, -0.15) is 0 Å². The van der Waals surface area contributed by atoms with Crippen molar-refractivity contribution in [1.82, 2.24) is 15.2 Å². The molecule has 2 saturated heterocycles. The lowest BCUT2D eigenvalue weighted by molar-refractivity contribution is 0.181. The standard InChI is InChI=1S/C26H36N4O/c1-19-6-2-9-22-12-15-28-25(24(19)22)30(23-11-4-14-27-18-23)26(31)29-16-5-10-21(13-17-29)20-7-3-8-20/h2,6,9,12,15,20-21,23,27H,3-5,7-8,10-11,13-14,16-18H2,1H3/t21-,23+/m0/s1. The van der Waals surface area contributed by atoms with E-state index in [1.54, 1.807) is 0 Å². The Morgan fingerprint density at radius 1 is 1.03 bits per heavy atom. The van der Waals surface area contributed by atoms with Gasteiger partial charge in [-0.15, -0.1) is 0 Å². The number of aryl methyl sites for hydroxylation is 1. The number of hydrogen-bond acceptors (Lipinski definition) is 3. The second-order valence-corrected chi connectivity index (χ2v) is 9.83. The number of carbonyl (C=O) groups excluding carboxylic acids is 1. The summed E-state index contributed by atoms with van der Waals surface area (Å²) in [6.07, 6.45) is 11.8. The van der Waals surface area contributed by atoms with Crippen LogP contribution in [-0.2, 0) is 0 Å². The van der Waals surface area contributed by atoms with Gasteiger partial charge in [0.05, 0.1) is 6.04 Å². The average molecular weight is 421 g/mol. The van der Waals surface area contributed by atoms with Crippen molar-refractivity contribution in [3.63, 3.8) is 0 Å². The van der Waals surface area contributed by atoms with Gasteiger partial charge in [-0.1, -0.05) is 37.5 Å². The monoisotopic (exact) mass is 420 g/mol. The zero-order valence-electron chi connectivity index (χ0n) is 18.9. The van der Waals surface area contributed by atoms with Crippen LogP contribution in [0.15, 0.2) is 30.5 Å². The van der Waals surface area contributed by atoms with Crippen molar-refractivity contribution in [2.24, 2.45) is 11.8 Å². The molecule has 2 aliphatic heterocycles. The van der Waals surface area contributed by atoms with Crippen LogP contribution in [-0.4, -0.2) is 48.1 Å². The fourth-order valence-corrected chi connectivity index (χ4v) is 5.89. The third kappa shape index (κ3) is 4.17. The second kappa shape index (κ2) is 9.15. The summed E-state index contributed by atoms with van der Waals surface area (Å²) in [5, 5.41) is 5.79. The number of benzene rings is 1. The van der Waals surface area contributed by atoms with Gasteiger partial charge in [0.15, 0.2) is 0 Å². The third-order valence-corrected chi connectivity index (χ3v) is 7.91. The maximum absolute atomic E-state index is 14.0. The summed E-state index contributed by atoms with van der Waals surface area (Å²) in [7, 11) is 0. The normalized spacial score (nSPS) is 25.1. The van der Waals surface area contributed by atoms with Crippen molar-refractivity contribution in [1.29, 1.82) is 0 Å². The molecule has 2 aromatic rings. The van der Waals surface area contributed by atoms with Gasteiger partial charge in [-0.25, -0.2) is 9.78 Å². The Labute approximate surface area is 186 Å². The fraction of sp³-hybridized carbons (Fsp3) is 0.615. The lowest BCUT2D eigenvalue weighted by Crippen LogP contribution is -2.54. The minimum Gasteiger partial charge on any atom is -0.324 e. The van der Waals surface area contributed by atoms with Crippen molar-refractivity contribution in [3.8, 4) is 0 Å². The number of likely N-dealkylation sites (tertiary alicyclic amines) is 1. The Hall–Kier alpha value is -2.14. The van der Waals surface area contributed by atoms with E-state index in [4.69, 9.17) is 4.98 Å². The number of pyridine rings is 1. The minimum atomic E-state index is 0.157. The van der Waals surface area contributed by atoms with Crippen molar-refractivity contribution in [2.75, 3.05) is 31.1 Å². The Bertz CT molecular complexity index is 914. The molecule has 5 heteroatoms. The number of urea groups is 1. The molecule has 1 N–H and O–H groups in total. The molecule has 1 saturated carbocycles. The molecule has 31 heavy (non-hydrogen) atoms. The minimum absolute atomic E-state index is 0.157. The SMILES string of the molecule is Cc1cccc2ccnc(N(C(=O)N3CCC[C@H](C4CCC4)CC3)[C@@H]3CCCNC3)c12. The number of hydrogen-bond donors (Lipinski definition) is 1. The van der Waals surface area contributed by atoms with Crippen LogP contribution >= 0.6 is 0 Å².